The number of ether oxygens (including phenoxy) is 1. The predicted molar refractivity (Wildman–Crippen MR) is 74.4 cm³/mol. The van der Waals surface area contributed by atoms with Crippen LogP contribution in [-0.2, 0) is 0 Å². The van der Waals surface area contributed by atoms with Crippen LogP contribution < -0.4 is 10.5 Å². The zero-order chi connectivity index (χ0) is 14.0. The lowest BCUT2D eigenvalue weighted by Crippen LogP contribution is -2.29. The summed E-state index contributed by atoms with van der Waals surface area (Å²) in [6.07, 6.45) is 3.19. The average molecular weight is 263 g/mol. The molecule has 0 spiro atoms. The van der Waals surface area contributed by atoms with Gasteiger partial charge in [-0.15, -0.1) is 0 Å². The third kappa shape index (κ3) is 3.19. The van der Waals surface area contributed by atoms with E-state index in [4.69, 9.17) is 10.5 Å². The van der Waals surface area contributed by atoms with Crippen LogP contribution in [0.15, 0.2) is 18.2 Å². The van der Waals surface area contributed by atoms with Crippen LogP contribution in [0.2, 0.25) is 0 Å². The highest BCUT2D eigenvalue weighted by Crippen LogP contribution is 2.33. The number of carboxylic acids is 1. The molecule has 1 aromatic rings. The van der Waals surface area contributed by atoms with Gasteiger partial charge in [-0.2, -0.15) is 0 Å². The van der Waals surface area contributed by atoms with Crippen molar-refractivity contribution in [1.29, 1.82) is 0 Å². The fourth-order valence-electron chi connectivity index (χ4n) is 2.60. The highest BCUT2D eigenvalue weighted by atomic mass is 16.5. The highest BCUT2D eigenvalue weighted by Gasteiger charge is 2.26. The number of nitrogens with two attached hydrogens (primary N) is 1. The van der Waals surface area contributed by atoms with Gasteiger partial charge >= 0.3 is 5.97 Å². The minimum Gasteiger partial charge on any atom is -0.490 e. The van der Waals surface area contributed by atoms with Crippen molar-refractivity contribution in [3.05, 3.63) is 23.8 Å². The van der Waals surface area contributed by atoms with Gasteiger partial charge in [0.15, 0.2) is 0 Å². The van der Waals surface area contributed by atoms with Crippen LogP contribution in [0.1, 0.15) is 43.5 Å². The summed E-state index contributed by atoms with van der Waals surface area (Å²) in [7, 11) is 0. The Bertz CT molecular complexity index is 472. The number of carbonyl (C=O) groups is 1. The summed E-state index contributed by atoms with van der Waals surface area (Å²) in [6.45, 7) is 4.48. The van der Waals surface area contributed by atoms with Gasteiger partial charge in [0.2, 0.25) is 0 Å². The number of nitrogen functional groups attached to an aromatic ring is 1. The molecular formula is C15H21NO3. The van der Waals surface area contributed by atoms with Crippen LogP contribution in [0, 0.1) is 11.8 Å². The second-order valence-corrected chi connectivity index (χ2v) is 5.57. The Hall–Kier alpha value is -1.71. The number of hydrogen-bond acceptors (Lipinski definition) is 3. The molecule has 1 aliphatic rings. The molecule has 4 nitrogen and oxygen atoms in total. The Kier molecular flexibility index (Phi) is 3.98. The van der Waals surface area contributed by atoms with Crippen molar-refractivity contribution in [2.45, 2.75) is 39.2 Å². The van der Waals surface area contributed by atoms with Gasteiger partial charge in [-0.05, 0) is 49.3 Å². The van der Waals surface area contributed by atoms with Gasteiger partial charge in [0.1, 0.15) is 11.3 Å². The molecule has 4 heteroatoms. The van der Waals surface area contributed by atoms with Gasteiger partial charge in [0.25, 0.3) is 0 Å². The number of anilines is 1. The van der Waals surface area contributed by atoms with Gasteiger partial charge in [-0.1, -0.05) is 13.8 Å². The smallest absolute Gasteiger partial charge is 0.339 e. The van der Waals surface area contributed by atoms with Crippen LogP contribution in [0.4, 0.5) is 5.69 Å². The quantitative estimate of drug-likeness (QED) is 0.821. The number of benzene rings is 1. The summed E-state index contributed by atoms with van der Waals surface area (Å²) in [6, 6.07) is 4.78. The van der Waals surface area contributed by atoms with Crippen molar-refractivity contribution in [2.75, 3.05) is 5.73 Å². The van der Waals surface area contributed by atoms with Gasteiger partial charge < -0.3 is 15.6 Å². The molecule has 19 heavy (non-hydrogen) atoms. The molecule has 2 rings (SSSR count). The molecule has 0 radical (unpaired) electrons. The molecule has 1 saturated carbocycles. The minimum atomic E-state index is -1.00. The normalized spacial score (nSPS) is 26.9. The van der Waals surface area contributed by atoms with E-state index in [1.54, 1.807) is 12.1 Å². The fourth-order valence-corrected chi connectivity index (χ4v) is 2.60. The molecule has 0 aliphatic heterocycles. The van der Waals surface area contributed by atoms with Crippen molar-refractivity contribution in [3.8, 4) is 5.75 Å². The number of carboxylic acid groups (broad SMARTS) is 1. The largest absolute Gasteiger partial charge is 0.490 e. The summed E-state index contributed by atoms with van der Waals surface area (Å²) >= 11 is 0. The molecule has 0 bridgehead atoms. The summed E-state index contributed by atoms with van der Waals surface area (Å²) in [5, 5.41) is 9.18. The highest BCUT2D eigenvalue weighted by molar-refractivity contribution is 5.92. The molecule has 1 aromatic carbocycles. The summed E-state index contributed by atoms with van der Waals surface area (Å²) in [4.78, 5) is 11.2. The lowest BCUT2D eigenvalue weighted by Gasteiger charge is -2.32. The van der Waals surface area contributed by atoms with Crippen molar-refractivity contribution in [2.24, 2.45) is 11.8 Å². The Balaban J connectivity index is 2.13. The maximum Gasteiger partial charge on any atom is 0.339 e. The van der Waals surface area contributed by atoms with E-state index in [1.807, 2.05) is 0 Å². The SMILES string of the molecule is CC1CCC(Oc2ccc(N)cc2C(=O)O)CC1C. The van der Waals surface area contributed by atoms with Gasteiger partial charge in [0, 0.05) is 5.69 Å². The molecule has 3 unspecified atom stereocenters. The van der Waals surface area contributed by atoms with E-state index in [1.165, 1.54) is 6.07 Å². The van der Waals surface area contributed by atoms with E-state index in [0.717, 1.165) is 19.3 Å². The zero-order valence-electron chi connectivity index (χ0n) is 11.4. The first-order valence-corrected chi connectivity index (χ1v) is 6.77. The Labute approximate surface area is 113 Å². The van der Waals surface area contributed by atoms with Crippen LogP contribution in [0.3, 0.4) is 0 Å². The number of aromatic carboxylic acids is 1. The van der Waals surface area contributed by atoms with Crippen LogP contribution >= 0.6 is 0 Å². The van der Waals surface area contributed by atoms with E-state index in [9.17, 15) is 9.90 Å². The first kappa shape index (κ1) is 13.7. The molecule has 104 valence electrons. The zero-order valence-corrected chi connectivity index (χ0v) is 11.4. The summed E-state index contributed by atoms with van der Waals surface area (Å²) < 4.78 is 5.89. The van der Waals surface area contributed by atoms with Gasteiger partial charge in [-0.25, -0.2) is 4.79 Å². The van der Waals surface area contributed by atoms with Crippen LogP contribution in [0.25, 0.3) is 0 Å². The molecule has 1 fully saturated rings. The van der Waals surface area contributed by atoms with E-state index in [0.29, 0.717) is 23.3 Å². The summed E-state index contributed by atoms with van der Waals surface area (Å²) in [5.74, 6) is 0.749. The van der Waals surface area contributed by atoms with Crippen molar-refractivity contribution < 1.29 is 14.6 Å². The first-order valence-electron chi connectivity index (χ1n) is 6.77. The molecule has 3 atom stereocenters. The van der Waals surface area contributed by atoms with Gasteiger partial charge in [0.05, 0.1) is 6.10 Å². The monoisotopic (exact) mass is 263 g/mol. The Morgan fingerprint density at radius 3 is 2.68 bits per heavy atom. The lowest BCUT2D eigenvalue weighted by molar-refractivity contribution is 0.0675. The Morgan fingerprint density at radius 2 is 2.05 bits per heavy atom. The molecule has 0 heterocycles. The standard InChI is InChI=1S/C15H21NO3/c1-9-3-5-12(7-10(9)2)19-14-6-4-11(16)8-13(14)15(17)18/h4,6,8-10,12H,3,5,7,16H2,1-2H3,(H,17,18). The lowest BCUT2D eigenvalue weighted by atomic mass is 9.80. The number of rotatable bonds is 3. The average Bonchev–Trinajstić information content (AvgIpc) is 2.36. The second-order valence-electron chi connectivity index (χ2n) is 5.57. The van der Waals surface area contributed by atoms with E-state index in [-0.39, 0.29) is 11.7 Å². The maximum absolute atomic E-state index is 11.2. The van der Waals surface area contributed by atoms with E-state index < -0.39 is 5.97 Å². The summed E-state index contributed by atoms with van der Waals surface area (Å²) in [5.41, 5.74) is 6.20. The minimum absolute atomic E-state index is 0.105. The van der Waals surface area contributed by atoms with Crippen molar-refractivity contribution in [3.63, 3.8) is 0 Å². The Morgan fingerprint density at radius 1 is 1.32 bits per heavy atom. The first-order chi connectivity index (χ1) is 8.97. The molecule has 0 aromatic heterocycles. The maximum atomic E-state index is 11.2. The van der Waals surface area contributed by atoms with Gasteiger partial charge in [-0.3, -0.25) is 0 Å². The third-order valence-corrected chi connectivity index (χ3v) is 4.08. The molecular weight excluding hydrogens is 242 g/mol. The second kappa shape index (κ2) is 5.51. The topological polar surface area (TPSA) is 72.5 Å². The predicted octanol–water partition coefficient (Wildman–Crippen LogP) is 3.17. The molecule has 1 aliphatic carbocycles. The van der Waals surface area contributed by atoms with E-state index >= 15 is 0 Å². The molecule has 3 N–H and O–H groups in total. The van der Waals surface area contributed by atoms with Crippen molar-refractivity contribution >= 4 is 11.7 Å². The van der Waals surface area contributed by atoms with Crippen molar-refractivity contribution in [1.82, 2.24) is 0 Å². The fraction of sp³-hybridized carbons (Fsp3) is 0.533. The third-order valence-electron chi connectivity index (χ3n) is 4.08. The van der Waals surface area contributed by atoms with E-state index in [2.05, 4.69) is 13.8 Å². The molecule has 0 saturated heterocycles. The molecule has 0 amide bonds. The number of hydrogen-bond donors (Lipinski definition) is 2. The van der Waals surface area contributed by atoms with Crippen LogP contribution in [0.5, 0.6) is 5.75 Å². The van der Waals surface area contributed by atoms with Crippen LogP contribution in [-0.4, -0.2) is 17.2 Å².